The van der Waals surface area contributed by atoms with Gasteiger partial charge in [0.1, 0.15) is 5.78 Å². The molecule has 3 rings (SSSR count). The lowest BCUT2D eigenvalue weighted by Gasteiger charge is -2.41. The quantitative estimate of drug-likeness (QED) is 0.705. The Morgan fingerprint density at radius 1 is 1.17 bits per heavy atom. The van der Waals surface area contributed by atoms with Crippen molar-refractivity contribution in [2.45, 2.75) is 65.7 Å². The zero-order valence-electron chi connectivity index (χ0n) is 12.2. The van der Waals surface area contributed by atoms with Crippen LogP contribution in [0.1, 0.15) is 65.7 Å². The molecule has 0 aliphatic heterocycles. The first-order valence-electron chi connectivity index (χ1n) is 8.01. The molecule has 0 amide bonds. The summed E-state index contributed by atoms with van der Waals surface area (Å²) in [5.74, 6) is 4.64. The van der Waals surface area contributed by atoms with Gasteiger partial charge in [-0.3, -0.25) is 4.79 Å². The molecule has 0 aromatic rings. The molecule has 1 nitrogen and oxygen atoms in total. The molecule has 0 aromatic heterocycles. The van der Waals surface area contributed by atoms with Gasteiger partial charge < -0.3 is 0 Å². The van der Waals surface area contributed by atoms with E-state index < -0.39 is 0 Å². The summed E-state index contributed by atoms with van der Waals surface area (Å²) in [6.07, 6.45) is 9.07. The van der Waals surface area contributed by atoms with Crippen LogP contribution in [0.2, 0.25) is 0 Å². The molecule has 5 atom stereocenters. The Kier molecular flexibility index (Phi) is 3.07. The summed E-state index contributed by atoms with van der Waals surface area (Å²) in [5, 5.41) is 0. The Labute approximate surface area is 112 Å². The van der Waals surface area contributed by atoms with Gasteiger partial charge in [0.15, 0.2) is 0 Å². The molecule has 3 aliphatic carbocycles. The van der Waals surface area contributed by atoms with Crippen LogP contribution in [-0.2, 0) is 4.79 Å². The average Bonchev–Trinajstić information content (AvgIpc) is 2.86. The highest BCUT2D eigenvalue weighted by molar-refractivity contribution is 5.81. The maximum atomic E-state index is 11.6. The summed E-state index contributed by atoms with van der Waals surface area (Å²) in [4.78, 5) is 11.6. The highest BCUT2D eigenvalue weighted by Gasteiger charge is 2.52. The van der Waals surface area contributed by atoms with Crippen LogP contribution in [0.15, 0.2) is 0 Å². The molecule has 3 fully saturated rings. The molecule has 0 aromatic carbocycles. The fraction of sp³-hybridized carbons (Fsp3) is 0.941. The van der Waals surface area contributed by atoms with E-state index in [2.05, 4.69) is 20.8 Å². The molecule has 0 saturated heterocycles. The lowest BCUT2D eigenvalue weighted by molar-refractivity contribution is -0.125. The van der Waals surface area contributed by atoms with Crippen LogP contribution in [-0.4, -0.2) is 5.78 Å². The van der Waals surface area contributed by atoms with Crippen LogP contribution in [0.5, 0.6) is 0 Å². The van der Waals surface area contributed by atoms with Crippen molar-refractivity contribution >= 4 is 5.78 Å². The van der Waals surface area contributed by atoms with E-state index in [1.54, 1.807) is 0 Å². The van der Waals surface area contributed by atoms with Crippen molar-refractivity contribution in [3.63, 3.8) is 0 Å². The molecule has 0 heterocycles. The molecule has 18 heavy (non-hydrogen) atoms. The Morgan fingerprint density at radius 3 is 2.56 bits per heavy atom. The average molecular weight is 248 g/mol. The van der Waals surface area contributed by atoms with E-state index in [0.717, 1.165) is 30.1 Å². The summed E-state index contributed by atoms with van der Waals surface area (Å²) in [6, 6.07) is 0. The number of carbonyl (C=O) groups excluding carboxylic acids is 1. The third-order valence-electron chi connectivity index (χ3n) is 6.67. The van der Waals surface area contributed by atoms with Crippen LogP contribution in [0.4, 0.5) is 0 Å². The van der Waals surface area contributed by atoms with Gasteiger partial charge in [-0.2, -0.15) is 0 Å². The standard InChI is InChI=1S/C17H28O/c1-11-8-12(4-7-16(11)18)9-15-13-5-6-14(10-13)17(15,2)3/h11-15H,4-10H2,1-3H3/t11-,12+,13+,14+,15+/m1/s1. The van der Waals surface area contributed by atoms with Crippen LogP contribution >= 0.6 is 0 Å². The van der Waals surface area contributed by atoms with Gasteiger partial charge in [-0.25, -0.2) is 0 Å². The molecule has 1 heteroatoms. The van der Waals surface area contributed by atoms with Gasteiger partial charge in [-0.15, -0.1) is 0 Å². The summed E-state index contributed by atoms with van der Waals surface area (Å²) >= 11 is 0. The molecular weight excluding hydrogens is 220 g/mol. The summed E-state index contributed by atoms with van der Waals surface area (Å²) in [6.45, 7) is 7.16. The molecule has 0 spiro atoms. The Bertz CT molecular complexity index is 344. The molecule has 102 valence electrons. The van der Waals surface area contributed by atoms with Gasteiger partial charge in [-0.1, -0.05) is 20.8 Å². The van der Waals surface area contributed by atoms with E-state index in [1.165, 1.54) is 38.5 Å². The highest BCUT2D eigenvalue weighted by Crippen LogP contribution is 2.61. The Hall–Kier alpha value is -0.330. The monoisotopic (exact) mass is 248 g/mol. The second kappa shape index (κ2) is 4.35. The van der Waals surface area contributed by atoms with Gasteiger partial charge in [0.25, 0.3) is 0 Å². The zero-order chi connectivity index (χ0) is 12.9. The molecule has 3 saturated carbocycles. The fourth-order valence-corrected chi connectivity index (χ4v) is 5.38. The van der Waals surface area contributed by atoms with Crippen molar-refractivity contribution in [1.82, 2.24) is 0 Å². The summed E-state index contributed by atoms with van der Waals surface area (Å²) in [7, 11) is 0. The van der Waals surface area contributed by atoms with Gasteiger partial charge >= 0.3 is 0 Å². The van der Waals surface area contributed by atoms with Gasteiger partial charge in [0.05, 0.1) is 0 Å². The number of hydrogen-bond acceptors (Lipinski definition) is 1. The molecule has 0 radical (unpaired) electrons. The normalized spacial score (nSPS) is 46.6. The maximum absolute atomic E-state index is 11.6. The van der Waals surface area contributed by atoms with E-state index in [-0.39, 0.29) is 0 Å². The van der Waals surface area contributed by atoms with Crippen molar-refractivity contribution in [3.05, 3.63) is 0 Å². The van der Waals surface area contributed by atoms with E-state index in [9.17, 15) is 4.79 Å². The molecule has 0 N–H and O–H groups in total. The molecule has 2 bridgehead atoms. The minimum atomic E-state index is 0.338. The van der Waals surface area contributed by atoms with Gasteiger partial charge in [-0.05, 0) is 67.6 Å². The first-order valence-corrected chi connectivity index (χ1v) is 8.01. The van der Waals surface area contributed by atoms with Gasteiger partial charge in [0.2, 0.25) is 0 Å². The second-order valence-electron chi connectivity index (χ2n) is 7.94. The maximum Gasteiger partial charge on any atom is 0.135 e. The minimum Gasteiger partial charge on any atom is -0.299 e. The van der Waals surface area contributed by atoms with E-state index in [4.69, 9.17) is 0 Å². The van der Waals surface area contributed by atoms with E-state index in [1.807, 2.05) is 0 Å². The van der Waals surface area contributed by atoms with Crippen molar-refractivity contribution in [2.75, 3.05) is 0 Å². The van der Waals surface area contributed by atoms with Crippen LogP contribution in [0.3, 0.4) is 0 Å². The number of ketones is 1. The van der Waals surface area contributed by atoms with Crippen LogP contribution < -0.4 is 0 Å². The lowest BCUT2D eigenvalue weighted by Crippen LogP contribution is -2.34. The topological polar surface area (TPSA) is 17.1 Å². The largest absolute Gasteiger partial charge is 0.299 e. The lowest BCUT2D eigenvalue weighted by atomic mass is 9.64. The minimum absolute atomic E-state index is 0.338. The zero-order valence-corrected chi connectivity index (χ0v) is 12.2. The predicted octanol–water partition coefficient (Wildman–Crippen LogP) is 4.45. The van der Waals surface area contributed by atoms with Crippen molar-refractivity contribution < 1.29 is 4.79 Å². The number of rotatable bonds is 2. The van der Waals surface area contributed by atoms with Gasteiger partial charge in [0, 0.05) is 12.3 Å². The Morgan fingerprint density at radius 2 is 1.94 bits per heavy atom. The smallest absolute Gasteiger partial charge is 0.135 e. The summed E-state index contributed by atoms with van der Waals surface area (Å²) < 4.78 is 0. The number of fused-ring (bicyclic) bond motifs is 2. The van der Waals surface area contributed by atoms with Crippen LogP contribution in [0.25, 0.3) is 0 Å². The first-order chi connectivity index (χ1) is 8.48. The predicted molar refractivity (Wildman–Crippen MR) is 74.2 cm³/mol. The van der Waals surface area contributed by atoms with Crippen molar-refractivity contribution in [3.8, 4) is 0 Å². The number of carbonyl (C=O) groups is 1. The SMILES string of the molecule is C[C@@H]1C[C@@H](C[C@H]2[C@H]3CC[C@@H](C3)C2(C)C)CCC1=O. The van der Waals surface area contributed by atoms with E-state index >= 15 is 0 Å². The second-order valence-corrected chi connectivity index (χ2v) is 7.94. The van der Waals surface area contributed by atoms with Crippen LogP contribution in [0, 0.1) is 35.0 Å². The first kappa shape index (κ1) is 12.7. The van der Waals surface area contributed by atoms with E-state index in [0.29, 0.717) is 17.1 Å². The Balaban J connectivity index is 1.65. The third kappa shape index (κ3) is 1.94. The van der Waals surface area contributed by atoms with Crippen molar-refractivity contribution in [2.24, 2.45) is 35.0 Å². The molecule has 3 aliphatic rings. The fourth-order valence-electron chi connectivity index (χ4n) is 5.38. The van der Waals surface area contributed by atoms with Crippen molar-refractivity contribution in [1.29, 1.82) is 0 Å². The highest BCUT2D eigenvalue weighted by atomic mass is 16.1. The number of hydrogen-bond donors (Lipinski definition) is 0. The molecular formula is C17H28O. The third-order valence-corrected chi connectivity index (χ3v) is 6.67. The number of Topliss-reactive ketones (excluding diaryl/α,β-unsaturated/α-hetero) is 1. The molecule has 0 unspecified atom stereocenters. The summed E-state index contributed by atoms with van der Waals surface area (Å²) in [5.41, 5.74) is 0.577.